The summed E-state index contributed by atoms with van der Waals surface area (Å²) in [7, 11) is 0. The molecule has 1 aromatic rings. The third kappa shape index (κ3) is 3.19. The summed E-state index contributed by atoms with van der Waals surface area (Å²) in [5.74, 6) is 1.82. The van der Waals surface area contributed by atoms with Gasteiger partial charge in [-0.3, -0.25) is 4.90 Å². The molecule has 94 valence electrons. The molecule has 0 aromatic carbocycles. The van der Waals surface area contributed by atoms with Gasteiger partial charge in [-0.2, -0.15) is 0 Å². The van der Waals surface area contributed by atoms with Crippen molar-refractivity contribution in [2.24, 2.45) is 5.92 Å². The average Bonchev–Trinajstić information content (AvgIpc) is 2.58. The number of nitrogens with one attached hydrogen (secondary N) is 1. The molecule has 1 fully saturated rings. The van der Waals surface area contributed by atoms with Gasteiger partial charge >= 0.3 is 0 Å². The van der Waals surface area contributed by atoms with Crippen molar-refractivity contribution in [1.82, 2.24) is 9.88 Å². The number of hydrogen-bond donors (Lipinski definition) is 1. The first-order valence-corrected chi connectivity index (χ1v) is 6.62. The molecule has 1 aromatic heterocycles. The van der Waals surface area contributed by atoms with Crippen LogP contribution in [0, 0.1) is 5.92 Å². The lowest BCUT2D eigenvalue weighted by Crippen LogP contribution is -2.26. The van der Waals surface area contributed by atoms with Gasteiger partial charge in [-0.1, -0.05) is 6.92 Å². The van der Waals surface area contributed by atoms with Gasteiger partial charge in [0, 0.05) is 31.9 Å². The molecule has 2 atom stereocenters. The normalized spacial score (nSPS) is 25.1. The van der Waals surface area contributed by atoms with Crippen LogP contribution in [-0.4, -0.2) is 29.0 Å². The van der Waals surface area contributed by atoms with E-state index in [2.05, 4.69) is 48.1 Å². The van der Waals surface area contributed by atoms with Gasteiger partial charge in [0.2, 0.25) is 0 Å². The fourth-order valence-electron chi connectivity index (χ4n) is 2.69. The van der Waals surface area contributed by atoms with Crippen molar-refractivity contribution in [2.45, 2.75) is 39.8 Å². The fraction of sp³-hybridized carbons (Fsp3) is 0.643. The second-order valence-corrected chi connectivity index (χ2v) is 5.20. The van der Waals surface area contributed by atoms with E-state index in [1.807, 2.05) is 6.20 Å². The van der Waals surface area contributed by atoms with Crippen LogP contribution < -0.4 is 5.32 Å². The largest absolute Gasteiger partial charge is 0.370 e. The van der Waals surface area contributed by atoms with Gasteiger partial charge in [-0.05, 0) is 43.9 Å². The maximum Gasteiger partial charge on any atom is 0.126 e. The van der Waals surface area contributed by atoms with Crippen LogP contribution in [0.2, 0.25) is 0 Å². The third-order valence-electron chi connectivity index (χ3n) is 3.48. The quantitative estimate of drug-likeness (QED) is 0.866. The Labute approximate surface area is 104 Å². The second-order valence-electron chi connectivity index (χ2n) is 5.20. The van der Waals surface area contributed by atoms with Crippen LogP contribution in [0.5, 0.6) is 0 Å². The number of anilines is 1. The van der Waals surface area contributed by atoms with Crippen LogP contribution in [0.1, 0.15) is 32.8 Å². The van der Waals surface area contributed by atoms with E-state index in [0.29, 0.717) is 6.04 Å². The first-order chi connectivity index (χ1) is 8.19. The Balaban J connectivity index is 2.00. The number of aromatic nitrogens is 1. The molecule has 0 amide bonds. The standard InChI is InChI=1S/C14H23N3/c1-4-15-14-8-13(5-6-16-14)10-17-9-11(2)7-12(17)3/h5-6,8,11-12H,4,7,9-10H2,1-3H3,(H,15,16). The van der Waals surface area contributed by atoms with E-state index in [1.54, 1.807) is 0 Å². The lowest BCUT2D eigenvalue weighted by atomic mass is 10.1. The molecule has 17 heavy (non-hydrogen) atoms. The number of rotatable bonds is 4. The maximum atomic E-state index is 4.31. The highest BCUT2D eigenvalue weighted by Crippen LogP contribution is 2.24. The van der Waals surface area contributed by atoms with Gasteiger partial charge in [0.1, 0.15) is 5.82 Å². The SMILES string of the molecule is CCNc1cc(CN2CC(C)CC2C)ccn1. The van der Waals surface area contributed by atoms with Crippen molar-refractivity contribution in [3.8, 4) is 0 Å². The summed E-state index contributed by atoms with van der Waals surface area (Å²) >= 11 is 0. The summed E-state index contributed by atoms with van der Waals surface area (Å²) in [4.78, 5) is 6.87. The Kier molecular flexibility index (Phi) is 4.00. The smallest absolute Gasteiger partial charge is 0.126 e. The molecular weight excluding hydrogens is 210 g/mol. The molecular formula is C14H23N3. The van der Waals surface area contributed by atoms with E-state index in [-0.39, 0.29) is 0 Å². The lowest BCUT2D eigenvalue weighted by molar-refractivity contribution is 0.256. The molecule has 0 spiro atoms. The van der Waals surface area contributed by atoms with Crippen LogP contribution >= 0.6 is 0 Å². The minimum absolute atomic E-state index is 0.709. The van der Waals surface area contributed by atoms with Crippen molar-refractivity contribution in [3.05, 3.63) is 23.9 Å². The zero-order chi connectivity index (χ0) is 12.3. The Morgan fingerprint density at radius 2 is 2.29 bits per heavy atom. The Morgan fingerprint density at radius 1 is 1.47 bits per heavy atom. The van der Waals surface area contributed by atoms with Gasteiger partial charge in [-0.15, -0.1) is 0 Å². The van der Waals surface area contributed by atoms with Crippen LogP contribution in [0.4, 0.5) is 5.82 Å². The molecule has 0 saturated carbocycles. The van der Waals surface area contributed by atoms with Gasteiger partial charge in [0.15, 0.2) is 0 Å². The van der Waals surface area contributed by atoms with Crippen LogP contribution in [0.3, 0.4) is 0 Å². The van der Waals surface area contributed by atoms with Gasteiger partial charge in [-0.25, -0.2) is 4.98 Å². The van der Waals surface area contributed by atoms with Crippen LogP contribution in [0.25, 0.3) is 0 Å². The molecule has 2 heterocycles. The summed E-state index contributed by atoms with van der Waals surface area (Å²) in [6, 6.07) is 5.00. The molecule has 3 nitrogen and oxygen atoms in total. The molecule has 0 bridgehead atoms. The molecule has 1 aliphatic heterocycles. The highest BCUT2D eigenvalue weighted by atomic mass is 15.2. The number of nitrogens with zero attached hydrogens (tertiary/aromatic N) is 2. The zero-order valence-electron chi connectivity index (χ0n) is 11.1. The van der Waals surface area contributed by atoms with Crippen molar-refractivity contribution in [1.29, 1.82) is 0 Å². The summed E-state index contributed by atoms with van der Waals surface area (Å²) in [5, 5.41) is 3.26. The highest BCUT2D eigenvalue weighted by Gasteiger charge is 2.25. The second kappa shape index (κ2) is 5.50. The molecule has 1 N–H and O–H groups in total. The predicted molar refractivity (Wildman–Crippen MR) is 72.1 cm³/mol. The molecule has 0 radical (unpaired) electrons. The van der Waals surface area contributed by atoms with Crippen molar-refractivity contribution < 1.29 is 0 Å². The summed E-state index contributed by atoms with van der Waals surface area (Å²) in [6.45, 7) is 9.96. The molecule has 1 aliphatic rings. The average molecular weight is 233 g/mol. The van der Waals surface area contributed by atoms with Crippen molar-refractivity contribution in [2.75, 3.05) is 18.4 Å². The lowest BCUT2D eigenvalue weighted by Gasteiger charge is -2.21. The molecule has 1 saturated heterocycles. The van der Waals surface area contributed by atoms with Gasteiger partial charge in [0.05, 0.1) is 0 Å². The van der Waals surface area contributed by atoms with E-state index in [9.17, 15) is 0 Å². The molecule has 0 aliphatic carbocycles. The van der Waals surface area contributed by atoms with E-state index in [0.717, 1.165) is 24.8 Å². The van der Waals surface area contributed by atoms with E-state index in [4.69, 9.17) is 0 Å². The number of pyridine rings is 1. The molecule has 2 rings (SSSR count). The number of hydrogen-bond acceptors (Lipinski definition) is 3. The van der Waals surface area contributed by atoms with E-state index >= 15 is 0 Å². The van der Waals surface area contributed by atoms with Crippen LogP contribution in [-0.2, 0) is 6.54 Å². The predicted octanol–water partition coefficient (Wildman–Crippen LogP) is 2.74. The van der Waals surface area contributed by atoms with E-state index in [1.165, 1.54) is 18.5 Å². The first kappa shape index (κ1) is 12.4. The van der Waals surface area contributed by atoms with Crippen molar-refractivity contribution in [3.63, 3.8) is 0 Å². The van der Waals surface area contributed by atoms with Crippen LogP contribution in [0.15, 0.2) is 18.3 Å². The Hall–Kier alpha value is -1.09. The van der Waals surface area contributed by atoms with Gasteiger partial charge in [0.25, 0.3) is 0 Å². The monoisotopic (exact) mass is 233 g/mol. The fourth-order valence-corrected chi connectivity index (χ4v) is 2.69. The first-order valence-electron chi connectivity index (χ1n) is 6.62. The minimum atomic E-state index is 0.709. The van der Waals surface area contributed by atoms with Gasteiger partial charge < -0.3 is 5.32 Å². The summed E-state index contributed by atoms with van der Waals surface area (Å²) in [5.41, 5.74) is 1.36. The van der Waals surface area contributed by atoms with E-state index < -0.39 is 0 Å². The number of likely N-dealkylation sites (tertiary alicyclic amines) is 1. The Morgan fingerprint density at radius 3 is 2.94 bits per heavy atom. The minimum Gasteiger partial charge on any atom is -0.370 e. The summed E-state index contributed by atoms with van der Waals surface area (Å²) in [6.07, 6.45) is 3.22. The highest BCUT2D eigenvalue weighted by molar-refractivity contribution is 5.37. The Bertz CT molecular complexity index is 364. The molecule has 2 unspecified atom stereocenters. The topological polar surface area (TPSA) is 28.2 Å². The molecule has 3 heteroatoms. The zero-order valence-corrected chi connectivity index (χ0v) is 11.1. The third-order valence-corrected chi connectivity index (χ3v) is 3.48. The maximum absolute atomic E-state index is 4.31. The summed E-state index contributed by atoms with van der Waals surface area (Å²) < 4.78 is 0. The van der Waals surface area contributed by atoms with Crippen molar-refractivity contribution >= 4 is 5.82 Å².